The van der Waals surface area contributed by atoms with Crippen molar-refractivity contribution in [1.29, 1.82) is 0 Å². The smallest absolute Gasteiger partial charge is 0.273 e. The van der Waals surface area contributed by atoms with Crippen LogP contribution in [0.4, 0.5) is 10.8 Å². The molecule has 0 atom stereocenters. The molecular formula is C19H21N5O3S. The highest BCUT2D eigenvalue weighted by Crippen LogP contribution is 2.27. The SMILES string of the molecule is COc1ccc(NC(=O)Cn2cnc3nc(N4CCCCC4)sc3c2=O)cc1. The van der Waals surface area contributed by atoms with E-state index < -0.39 is 0 Å². The van der Waals surface area contributed by atoms with Gasteiger partial charge in [-0.15, -0.1) is 0 Å². The molecule has 0 unspecified atom stereocenters. The van der Waals surface area contributed by atoms with Crippen molar-refractivity contribution in [2.75, 3.05) is 30.4 Å². The predicted octanol–water partition coefficient (Wildman–Crippen LogP) is 2.49. The van der Waals surface area contributed by atoms with Crippen molar-refractivity contribution < 1.29 is 9.53 Å². The van der Waals surface area contributed by atoms with Crippen molar-refractivity contribution in [3.05, 3.63) is 40.9 Å². The average Bonchev–Trinajstić information content (AvgIpc) is 3.17. The summed E-state index contributed by atoms with van der Waals surface area (Å²) in [6.45, 7) is 1.81. The quantitative estimate of drug-likeness (QED) is 0.709. The number of nitrogens with one attached hydrogen (secondary N) is 1. The third kappa shape index (κ3) is 3.84. The highest BCUT2D eigenvalue weighted by molar-refractivity contribution is 7.22. The Labute approximate surface area is 165 Å². The van der Waals surface area contributed by atoms with Crippen LogP contribution in [-0.2, 0) is 11.3 Å². The van der Waals surface area contributed by atoms with Gasteiger partial charge in [-0.3, -0.25) is 14.2 Å². The molecule has 4 rings (SSSR count). The molecule has 1 fully saturated rings. The van der Waals surface area contributed by atoms with Gasteiger partial charge in [0.1, 0.15) is 23.3 Å². The van der Waals surface area contributed by atoms with Crippen LogP contribution < -0.4 is 20.5 Å². The fraction of sp³-hybridized carbons (Fsp3) is 0.368. The minimum Gasteiger partial charge on any atom is -0.497 e. The van der Waals surface area contributed by atoms with Gasteiger partial charge in [-0.2, -0.15) is 4.98 Å². The summed E-state index contributed by atoms with van der Waals surface area (Å²) in [4.78, 5) is 36.1. The van der Waals surface area contributed by atoms with Gasteiger partial charge in [0.2, 0.25) is 5.91 Å². The zero-order valence-electron chi connectivity index (χ0n) is 15.6. The van der Waals surface area contributed by atoms with Crippen LogP contribution in [0.5, 0.6) is 5.75 Å². The lowest BCUT2D eigenvalue weighted by atomic mass is 10.1. The largest absolute Gasteiger partial charge is 0.497 e. The number of ether oxygens (including phenoxy) is 1. The molecule has 0 radical (unpaired) electrons. The zero-order valence-corrected chi connectivity index (χ0v) is 16.4. The first-order valence-electron chi connectivity index (χ1n) is 9.19. The lowest BCUT2D eigenvalue weighted by molar-refractivity contribution is -0.116. The lowest BCUT2D eigenvalue weighted by Gasteiger charge is -2.25. The zero-order chi connectivity index (χ0) is 19.5. The lowest BCUT2D eigenvalue weighted by Crippen LogP contribution is -2.29. The molecule has 0 spiro atoms. The fourth-order valence-corrected chi connectivity index (χ4v) is 4.22. The topological polar surface area (TPSA) is 89.3 Å². The number of nitrogens with zero attached hydrogens (tertiary/aromatic N) is 4. The van der Waals surface area contributed by atoms with Crippen LogP contribution in [-0.4, -0.2) is 40.6 Å². The van der Waals surface area contributed by atoms with E-state index in [1.165, 1.54) is 28.7 Å². The molecule has 0 aliphatic carbocycles. The molecule has 8 nitrogen and oxygen atoms in total. The van der Waals surface area contributed by atoms with E-state index in [1.807, 2.05) is 0 Å². The normalized spacial score (nSPS) is 14.2. The van der Waals surface area contributed by atoms with Crippen molar-refractivity contribution in [3.63, 3.8) is 0 Å². The summed E-state index contributed by atoms with van der Waals surface area (Å²) >= 11 is 1.35. The van der Waals surface area contributed by atoms with E-state index in [-0.39, 0.29) is 18.0 Å². The minimum absolute atomic E-state index is 0.106. The molecular weight excluding hydrogens is 378 g/mol. The molecule has 1 aliphatic heterocycles. The summed E-state index contributed by atoms with van der Waals surface area (Å²) < 4.78 is 6.90. The second-order valence-corrected chi connectivity index (χ2v) is 7.63. The monoisotopic (exact) mass is 399 g/mol. The Bertz CT molecular complexity index is 1040. The Kier molecular flexibility index (Phi) is 5.25. The fourth-order valence-electron chi connectivity index (χ4n) is 3.20. The van der Waals surface area contributed by atoms with Gasteiger partial charge in [0, 0.05) is 18.8 Å². The molecule has 3 aromatic rings. The number of anilines is 2. The number of thiazole rings is 1. The summed E-state index contributed by atoms with van der Waals surface area (Å²) in [5, 5.41) is 3.60. The average molecular weight is 399 g/mol. The van der Waals surface area contributed by atoms with Crippen LogP contribution in [0.1, 0.15) is 19.3 Å². The number of amides is 1. The molecule has 1 saturated heterocycles. The molecule has 1 aromatic carbocycles. The van der Waals surface area contributed by atoms with Gasteiger partial charge in [0.05, 0.1) is 7.11 Å². The Morgan fingerprint density at radius 3 is 2.68 bits per heavy atom. The highest BCUT2D eigenvalue weighted by atomic mass is 32.1. The number of hydrogen-bond acceptors (Lipinski definition) is 7. The summed E-state index contributed by atoms with van der Waals surface area (Å²) in [6, 6.07) is 7.01. The van der Waals surface area contributed by atoms with Gasteiger partial charge in [0.25, 0.3) is 5.56 Å². The summed E-state index contributed by atoms with van der Waals surface area (Å²) in [5.41, 5.74) is 0.844. The number of carbonyl (C=O) groups is 1. The highest BCUT2D eigenvalue weighted by Gasteiger charge is 2.18. The summed E-state index contributed by atoms with van der Waals surface area (Å²) in [7, 11) is 1.58. The first kappa shape index (κ1) is 18.4. The molecule has 9 heteroatoms. The summed E-state index contributed by atoms with van der Waals surface area (Å²) in [6.07, 6.45) is 4.89. The van der Waals surface area contributed by atoms with E-state index in [9.17, 15) is 9.59 Å². The number of piperidine rings is 1. The Balaban J connectivity index is 1.50. The van der Waals surface area contributed by atoms with E-state index >= 15 is 0 Å². The number of carbonyl (C=O) groups excluding carboxylic acids is 1. The van der Waals surface area contributed by atoms with Crippen LogP contribution in [0.2, 0.25) is 0 Å². The number of rotatable bonds is 5. The number of methoxy groups -OCH3 is 1. The van der Waals surface area contributed by atoms with Crippen molar-refractivity contribution in [2.45, 2.75) is 25.8 Å². The molecule has 1 N–H and O–H groups in total. The molecule has 146 valence electrons. The van der Waals surface area contributed by atoms with Crippen molar-refractivity contribution >= 4 is 38.4 Å². The van der Waals surface area contributed by atoms with Crippen molar-refractivity contribution in [1.82, 2.24) is 14.5 Å². The van der Waals surface area contributed by atoms with Gasteiger partial charge in [-0.25, -0.2) is 4.98 Å². The van der Waals surface area contributed by atoms with Crippen molar-refractivity contribution in [3.8, 4) is 5.75 Å². The maximum Gasteiger partial charge on any atom is 0.273 e. The Morgan fingerprint density at radius 2 is 1.96 bits per heavy atom. The molecule has 2 aromatic heterocycles. The van der Waals surface area contributed by atoms with Gasteiger partial charge in [-0.05, 0) is 43.5 Å². The third-order valence-corrected chi connectivity index (χ3v) is 5.78. The number of fused-ring (bicyclic) bond motifs is 1. The predicted molar refractivity (Wildman–Crippen MR) is 109 cm³/mol. The van der Waals surface area contributed by atoms with E-state index in [4.69, 9.17) is 4.74 Å². The van der Waals surface area contributed by atoms with E-state index in [0.717, 1.165) is 31.1 Å². The van der Waals surface area contributed by atoms with Gasteiger partial charge in [-0.1, -0.05) is 11.3 Å². The maximum atomic E-state index is 12.8. The van der Waals surface area contributed by atoms with E-state index in [2.05, 4.69) is 20.2 Å². The number of hydrogen-bond donors (Lipinski definition) is 1. The van der Waals surface area contributed by atoms with Crippen LogP contribution in [0.15, 0.2) is 35.4 Å². The third-order valence-electron chi connectivity index (χ3n) is 4.69. The molecule has 28 heavy (non-hydrogen) atoms. The molecule has 3 heterocycles. The Morgan fingerprint density at radius 1 is 1.21 bits per heavy atom. The van der Waals surface area contributed by atoms with Crippen LogP contribution in [0.3, 0.4) is 0 Å². The first-order valence-corrected chi connectivity index (χ1v) is 10.0. The Hall–Kier alpha value is -2.94. The van der Waals surface area contributed by atoms with Crippen LogP contribution in [0, 0.1) is 0 Å². The maximum absolute atomic E-state index is 12.8. The van der Waals surface area contributed by atoms with Crippen molar-refractivity contribution in [2.24, 2.45) is 0 Å². The molecule has 1 aliphatic rings. The molecule has 0 bridgehead atoms. The van der Waals surface area contributed by atoms with Crippen LogP contribution >= 0.6 is 11.3 Å². The second-order valence-electron chi connectivity index (χ2n) is 6.65. The van der Waals surface area contributed by atoms with Gasteiger partial charge in [0.15, 0.2) is 10.8 Å². The van der Waals surface area contributed by atoms with Gasteiger partial charge >= 0.3 is 0 Å². The van der Waals surface area contributed by atoms with E-state index in [0.29, 0.717) is 21.8 Å². The van der Waals surface area contributed by atoms with Gasteiger partial charge < -0.3 is 15.0 Å². The number of aromatic nitrogens is 3. The molecule has 0 saturated carbocycles. The summed E-state index contributed by atoms with van der Waals surface area (Å²) in [5.74, 6) is 0.410. The van der Waals surface area contributed by atoms with Crippen LogP contribution in [0.25, 0.3) is 10.3 Å². The standard InChI is InChI=1S/C19H21N5O3S/c1-27-14-7-5-13(6-8-14)21-15(25)11-24-12-20-17-16(18(24)26)28-19(22-17)23-9-3-2-4-10-23/h5-8,12H,2-4,9-11H2,1H3,(H,21,25). The second kappa shape index (κ2) is 7.97. The minimum atomic E-state index is -0.297. The van der Waals surface area contributed by atoms with E-state index in [1.54, 1.807) is 31.4 Å². The first-order chi connectivity index (χ1) is 13.6. The number of benzene rings is 1. The molecule has 1 amide bonds.